The highest BCUT2D eigenvalue weighted by molar-refractivity contribution is 7.92. The summed E-state index contributed by atoms with van der Waals surface area (Å²) >= 11 is 0. The number of rotatable bonds is 7. The van der Waals surface area contributed by atoms with E-state index in [1.165, 1.54) is 19.1 Å². The van der Waals surface area contributed by atoms with E-state index in [0.717, 1.165) is 27.9 Å². The van der Waals surface area contributed by atoms with Crippen LogP contribution >= 0.6 is 0 Å². The van der Waals surface area contributed by atoms with Crippen LogP contribution < -0.4 is 9.62 Å². The monoisotopic (exact) mass is 452 g/mol. The molecule has 2 aromatic rings. The first-order valence-corrected chi connectivity index (χ1v) is 13.1. The topological polar surface area (TPSA) is 101 Å². The van der Waals surface area contributed by atoms with Gasteiger partial charge in [0.2, 0.25) is 15.9 Å². The predicted molar refractivity (Wildman–Crippen MR) is 119 cm³/mol. The van der Waals surface area contributed by atoms with Crippen LogP contribution in [0.15, 0.2) is 47.4 Å². The van der Waals surface area contributed by atoms with E-state index in [9.17, 15) is 21.6 Å². The maximum Gasteiger partial charge on any atom is 0.244 e. The minimum Gasteiger partial charge on any atom is -0.348 e. The number of sulfone groups is 1. The highest BCUT2D eigenvalue weighted by Gasteiger charge is 2.30. The summed E-state index contributed by atoms with van der Waals surface area (Å²) in [5, 5.41) is 2.81. The lowest BCUT2D eigenvalue weighted by Crippen LogP contribution is -2.48. The number of hydrogen-bond acceptors (Lipinski definition) is 5. The van der Waals surface area contributed by atoms with Crippen molar-refractivity contribution in [2.75, 3.05) is 16.8 Å². The minimum absolute atomic E-state index is 0.191. The Morgan fingerprint density at radius 2 is 1.47 bits per heavy atom. The number of benzene rings is 2. The van der Waals surface area contributed by atoms with E-state index in [1.807, 2.05) is 19.9 Å². The molecule has 9 heteroatoms. The summed E-state index contributed by atoms with van der Waals surface area (Å²) in [6.45, 7) is 7.09. The maximum absolute atomic E-state index is 12.9. The Bertz CT molecular complexity index is 1140. The number of carbonyl (C=O) groups is 1. The molecule has 0 radical (unpaired) electrons. The number of nitrogens with one attached hydrogen (secondary N) is 1. The molecular formula is C21H28N2O5S2. The first-order valence-electron chi connectivity index (χ1n) is 9.39. The van der Waals surface area contributed by atoms with Crippen molar-refractivity contribution in [1.29, 1.82) is 0 Å². The summed E-state index contributed by atoms with van der Waals surface area (Å²) in [6, 6.07) is 10.1. The van der Waals surface area contributed by atoms with E-state index < -0.39 is 37.9 Å². The van der Waals surface area contributed by atoms with Gasteiger partial charge in [-0.15, -0.1) is 0 Å². The second-order valence-electron chi connectivity index (χ2n) is 7.57. The van der Waals surface area contributed by atoms with Gasteiger partial charge in [0.25, 0.3) is 0 Å². The molecule has 0 aromatic heterocycles. The molecule has 0 saturated carbocycles. The van der Waals surface area contributed by atoms with Gasteiger partial charge in [0.1, 0.15) is 6.04 Å². The number of sulfonamides is 1. The largest absolute Gasteiger partial charge is 0.348 e. The number of anilines is 1. The number of amides is 1. The average molecular weight is 453 g/mol. The van der Waals surface area contributed by atoms with Crippen LogP contribution in [-0.4, -0.2) is 41.3 Å². The summed E-state index contributed by atoms with van der Waals surface area (Å²) in [7, 11) is -7.02. The number of hydrogen-bond donors (Lipinski definition) is 1. The van der Waals surface area contributed by atoms with Crippen LogP contribution in [-0.2, 0) is 24.7 Å². The van der Waals surface area contributed by atoms with Crippen molar-refractivity contribution in [1.82, 2.24) is 5.32 Å². The van der Waals surface area contributed by atoms with Gasteiger partial charge in [0.05, 0.1) is 22.9 Å². The lowest BCUT2D eigenvalue weighted by Gasteiger charge is -2.29. The molecule has 0 heterocycles. The van der Waals surface area contributed by atoms with Gasteiger partial charge >= 0.3 is 0 Å². The van der Waals surface area contributed by atoms with Crippen LogP contribution in [0.25, 0.3) is 0 Å². The zero-order valence-electron chi connectivity index (χ0n) is 18.0. The molecule has 1 amide bonds. The highest BCUT2D eigenvalue weighted by Crippen LogP contribution is 2.24. The second kappa shape index (κ2) is 8.77. The van der Waals surface area contributed by atoms with Crippen molar-refractivity contribution in [3.8, 4) is 0 Å². The molecule has 0 bridgehead atoms. The first-order chi connectivity index (χ1) is 13.7. The molecule has 30 heavy (non-hydrogen) atoms. The molecule has 0 spiro atoms. The SMILES string of the molecule is Cc1ccc(N([C@H](C)C(=O)N[C@@H](C)c2ccc(S(C)(=O)=O)cc2)S(C)(=O)=O)cc1C. The summed E-state index contributed by atoms with van der Waals surface area (Å²) in [4.78, 5) is 13.0. The van der Waals surface area contributed by atoms with Crippen LogP contribution in [0.1, 0.15) is 36.6 Å². The quantitative estimate of drug-likeness (QED) is 0.696. The summed E-state index contributed by atoms with van der Waals surface area (Å²) < 4.78 is 49.2. The Balaban J connectivity index is 2.25. The number of carbonyl (C=O) groups excluding carboxylic acids is 1. The first kappa shape index (κ1) is 23.9. The molecule has 0 unspecified atom stereocenters. The maximum atomic E-state index is 12.9. The Morgan fingerprint density at radius 1 is 0.900 bits per heavy atom. The third kappa shape index (κ3) is 5.60. The fourth-order valence-electron chi connectivity index (χ4n) is 3.09. The Labute approximate surface area is 179 Å². The zero-order chi connectivity index (χ0) is 22.9. The van der Waals surface area contributed by atoms with Crippen molar-refractivity contribution in [3.63, 3.8) is 0 Å². The lowest BCUT2D eigenvalue weighted by atomic mass is 10.1. The zero-order valence-corrected chi connectivity index (χ0v) is 19.6. The average Bonchev–Trinajstić information content (AvgIpc) is 2.63. The van der Waals surface area contributed by atoms with E-state index in [-0.39, 0.29) is 4.90 Å². The van der Waals surface area contributed by atoms with Crippen molar-refractivity contribution >= 4 is 31.5 Å². The fourth-order valence-corrected chi connectivity index (χ4v) is 4.89. The summed E-state index contributed by atoms with van der Waals surface area (Å²) in [6.07, 6.45) is 2.20. The Hall–Kier alpha value is -2.39. The highest BCUT2D eigenvalue weighted by atomic mass is 32.2. The van der Waals surface area contributed by atoms with E-state index >= 15 is 0 Å². The molecule has 7 nitrogen and oxygen atoms in total. The summed E-state index contributed by atoms with van der Waals surface area (Å²) in [5.41, 5.74) is 3.08. The van der Waals surface area contributed by atoms with Gasteiger partial charge in [0.15, 0.2) is 9.84 Å². The molecule has 0 aliphatic heterocycles. The molecule has 1 N–H and O–H groups in total. The smallest absolute Gasteiger partial charge is 0.244 e. The van der Waals surface area contributed by atoms with E-state index in [1.54, 1.807) is 31.2 Å². The third-order valence-electron chi connectivity index (χ3n) is 5.00. The lowest BCUT2D eigenvalue weighted by molar-refractivity contribution is -0.122. The van der Waals surface area contributed by atoms with Gasteiger partial charge in [-0.25, -0.2) is 16.8 Å². The molecule has 164 valence electrons. The number of aryl methyl sites for hydroxylation is 2. The molecular weight excluding hydrogens is 424 g/mol. The minimum atomic E-state index is -3.71. The van der Waals surface area contributed by atoms with Gasteiger partial charge in [-0.1, -0.05) is 18.2 Å². The van der Waals surface area contributed by atoms with Crippen LogP contribution in [0.3, 0.4) is 0 Å². The van der Waals surface area contributed by atoms with Crippen molar-refractivity contribution in [2.24, 2.45) is 0 Å². The van der Waals surface area contributed by atoms with Crippen LogP contribution in [0.5, 0.6) is 0 Å². The molecule has 0 aliphatic carbocycles. The van der Waals surface area contributed by atoms with E-state index in [4.69, 9.17) is 0 Å². The third-order valence-corrected chi connectivity index (χ3v) is 7.37. The fraction of sp³-hybridized carbons (Fsp3) is 0.381. The second-order valence-corrected chi connectivity index (χ2v) is 11.4. The summed E-state index contributed by atoms with van der Waals surface area (Å²) in [5.74, 6) is -0.460. The molecule has 0 aliphatic rings. The molecule has 2 aromatic carbocycles. The van der Waals surface area contributed by atoms with Crippen molar-refractivity contribution in [2.45, 2.75) is 44.7 Å². The Morgan fingerprint density at radius 3 is 1.93 bits per heavy atom. The molecule has 0 fully saturated rings. The van der Waals surface area contributed by atoms with Crippen LogP contribution in [0.2, 0.25) is 0 Å². The van der Waals surface area contributed by atoms with Crippen LogP contribution in [0.4, 0.5) is 5.69 Å². The van der Waals surface area contributed by atoms with Crippen LogP contribution in [0, 0.1) is 13.8 Å². The Kier molecular flexibility index (Phi) is 6.98. The number of nitrogens with zero attached hydrogens (tertiary/aromatic N) is 1. The standard InChI is InChI=1S/C21H28N2O5S2/c1-14-7-10-19(13-15(14)2)23(30(6,27)28)17(4)21(24)22-16(3)18-8-11-20(12-9-18)29(5,25)26/h7-13,16-17H,1-6H3,(H,22,24)/t16-,17+/m0/s1. The van der Waals surface area contributed by atoms with E-state index in [0.29, 0.717) is 11.3 Å². The predicted octanol–water partition coefficient (Wildman–Crippen LogP) is 2.74. The van der Waals surface area contributed by atoms with Gasteiger partial charge in [-0.3, -0.25) is 9.10 Å². The van der Waals surface area contributed by atoms with E-state index in [2.05, 4.69) is 5.32 Å². The van der Waals surface area contributed by atoms with Crippen molar-refractivity contribution < 1.29 is 21.6 Å². The van der Waals surface area contributed by atoms with Gasteiger partial charge < -0.3 is 5.32 Å². The molecule has 0 saturated heterocycles. The van der Waals surface area contributed by atoms with Gasteiger partial charge in [-0.05, 0) is 68.7 Å². The normalized spacial score (nSPS) is 14.1. The molecule has 2 rings (SSSR count). The van der Waals surface area contributed by atoms with Crippen molar-refractivity contribution in [3.05, 3.63) is 59.2 Å². The van der Waals surface area contributed by atoms with Gasteiger partial charge in [-0.2, -0.15) is 0 Å². The van der Waals surface area contributed by atoms with Gasteiger partial charge in [0, 0.05) is 6.26 Å². The molecule has 2 atom stereocenters.